The molecule has 2 amide bonds. The fourth-order valence-corrected chi connectivity index (χ4v) is 10.8. The van der Waals surface area contributed by atoms with Crippen LogP contribution in [0, 0.1) is 5.41 Å². The molecule has 17 nitrogen and oxygen atoms in total. The largest absolute Gasteiger partial charge is 0.492 e. The highest BCUT2D eigenvalue weighted by molar-refractivity contribution is 6.17. The lowest BCUT2D eigenvalue weighted by Gasteiger charge is -2.53. The third-order valence-electron chi connectivity index (χ3n) is 15.1. The lowest BCUT2D eigenvalue weighted by molar-refractivity contribution is -0.195. The van der Waals surface area contributed by atoms with Crippen molar-refractivity contribution in [1.82, 2.24) is 39.7 Å². The van der Waals surface area contributed by atoms with Gasteiger partial charge in [-0.3, -0.25) is 14.5 Å². The normalized spacial score (nSPS) is 17.0. The molecule has 3 aromatic carbocycles. The van der Waals surface area contributed by atoms with Gasteiger partial charge in [0.1, 0.15) is 18.1 Å². The van der Waals surface area contributed by atoms with Crippen LogP contribution in [0.2, 0.25) is 0 Å². The molecule has 3 N–H and O–H groups in total. The third-order valence-corrected chi connectivity index (χ3v) is 15.1. The van der Waals surface area contributed by atoms with Crippen molar-refractivity contribution < 1.29 is 50.1 Å². The van der Waals surface area contributed by atoms with Gasteiger partial charge in [0, 0.05) is 75.3 Å². The first-order chi connectivity index (χ1) is 40.3. The van der Waals surface area contributed by atoms with E-state index in [1.165, 1.54) is 69.0 Å². The number of alkyl halides is 6. The molecule has 23 heteroatoms. The number of likely N-dealkylation sites (N-methyl/N-ethyl adjacent to an activating group) is 1. The van der Waals surface area contributed by atoms with Gasteiger partial charge in [-0.1, -0.05) is 30.3 Å². The number of benzene rings is 3. The van der Waals surface area contributed by atoms with Crippen LogP contribution < -0.4 is 35.1 Å². The van der Waals surface area contributed by atoms with Crippen molar-refractivity contribution in [3.05, 3.63) is 168 Å². The van der Waals surface area contributed by atoms with Gasteiger partial charge in [0.15, 0.2) is 0 Å². The van der Waals surface area contributed by atoms with E-state index in [0.29, 0.717) is 43.5 Å². The summed E-state index contributed by atoms with van der Waals surface area (Å²) < 4.78 is 118. The Hall–Kier alpha value is -9.12. The topological polar surface area (TPSA) is 185 Å². The summed E-state index contributed by atoms with van der Waals surface area (Å²) in [7, 11) is 5.09. The Morgan fingerprint density at radius 2 is 1.30 bits per heavy atom. The second-order valence-electron chi connectivity index (χ2n) is 20.8. The van der Waals surface area contributed by atoms with E-state index in [1.807, 2.05) is 11.9 Å². The molecule has 2 aliphatic heterocycles. The molecule has 1 atom stereocenters. The van der Waals surface area contributed by atoms with Crippen molar-refractivity contribution in [2.45, 2.75) is 70.1 Å². The predicted molar refractivity (Wildman–Crippen MR) is 305 cm³/mol. The van der Waals surface area contributed by atoms with Crippen molar-refractivity contribution in [3.8, 4) is 40.0 Å². The minimum atomic E-state index is -5.30. The zero-order valence-electron chi connectivity index (χ0n) is 46.6. The Labute approximate surface area is 480 Å². The van der Waals surface area contributed by atoms with Crippen molar-refractivity contribution in [2.75, 3.05) is 68.2 Å². The SMILES string of the molecule is CNc1nccc(-c2cccnc2OC2(Oc3ncccc3-c3ccnc(NC)n3)C(N3CCCCC3)=C(C(=O)N(c3cc(OC[C@H]4CCCN4C)cc(C(F)(F)F)c3)c3ccccc3C(=O)Nc3ccccc3)C=C(C(F)(F)F)C2(C)C)n1. The molecule has 2 fully saturated rings. The highest BCUT2D eigenvalue weighted by Crippen LogP contribution is 2.57. The number of hydrogen-bond acceptors (Lipinski definition) is 15. The number of carbonyl (C=O) groups excluding carboxylic acids is 2. The lowest BCUT2D eigenvalue weighted by Crippen LogP contribution is -2.64. The van der Waals surface area contributed by atoms with E-state index in [2.05, 4.69) is 45.9 Å². The summed E-state index contributed by atoms with van der Waals surface area (Å²) in [6.07, 6.45) is -0.838. The molecule has 7 aromatic rings. The maximum atomic E-state index is 16.9. The summed E-state index contributed by atoms with van der Waals surface area (Å²) in [6.45, 7) is 3.47. The lowest BCUT2D eigenvalue weighted by atomic mass is 9.68. The van der Waals surface area contributed by atoms with Crippen LogP contribution in [-0.2, 0) is 11.0 Å². The van der Waals surface area contributed by atoms with Gasteiger partial charge < -0.3 is 40.0 Å². The second kappa shape index (κ2) is 24.0. The number of carbonyl (C=O) groups is 2. The van der Waals surface area contributed by atoms with E-state index >= 15 is 31.1 Å². The number of para-hydroxylation sites is 2. The smallest absolute Gasteiger partial charge is 0.416 e. The van der Waals surface area contributed by atoms with Crippen LogP contribution >= 0.6 is 0 Å². The Balaban J connectivity index is 1.30. The zero-order valence-corrected chi connectivity index (χ0v) is 46.6. The van der Waals surface area contributed by atoms with Crippen LogP contribution in [-0.4, -0.2) is 117 Å². The second-order valence-corrected chi connectivity index (χ2v) is 20.8. The Morgan fingerprint density at radius 1 is 0.690 bits per heavy atom. The van der Waals surface area contributed by atoms with E-state index in [1.54, 1.807) is 85.7 Å². The summed E-state index contributed by atoms with van der Waals surface area (Å²) >= 11 is 0. The van der Waals surface area contributed by atoms with Crippen LogP contribution in [0.4, 0.5) is 55.3 Å². The highest BCUT2D eigenvalue weighted by atomic mass is 19.4. The monoisotopic (exact) mass is 1150 g/mol. The van der Waals surface area contributed by atoms with Crippen molar-refractivity contribution in [2.24, 2.45) is 5.41 Å². The van der Waals surface area contributed by atoms with E-state index in [4.69, 9.17) is 14.2 Å². The van der Waals surface area contributed by atoms with Crippen LogP contribution in [0.3, 0.4) is 0 Å². The molecule has 6 heterocycles. The number of nitrogens with one attached hydrogen (secondary N) is 3. The van der Waals surface area contributed by atoms with Crippen molar-refractivity contribution in [1.29, 1.82) is 0 Å². The summed E-state index contributed by atoms with van der Waals surface area (Å²) in [5, 5.41) is 8.58. The number of pyridine rings is 2. The summed E-state index contributed by atoms with van der Waals surface area (Å²) in [5.41, 5.74) is -5.92. The van der Waals surface area contributed by atoms with Crippen molar-refractivity contribution >= 4 is 40.8 Å². The molecule has 436 valence electrons. The molecule has 84 heavy (non-hydrogen) atoms. The standard InChI is InChI=1S/C61H60F6N12O5/c1-58(2)50(61(65,66)67)36-46(55(81)79(49-23-11-10-20-45(49)52(80)74-39-17-8-6-9-18-39)41-33-38(60(62,63)64)34-42(35-41)82-37-40-19-16-30-77(40)5)51(78-31-12-7-13-32-78)59(58,83-53-43(21-14-26-70-53)47-24-28-72-56(68-3)75-47)84-54-44(22-15-27-71-54)48-25-29-73-57(69-4)76-48/h6,8-11,14-15,17-18,20-29,33-36,40H,7,12-13,16,19,30-32,37H2,1-5H3,(H,74,80)(H,68,72,75)(H,69,73,76)/t40-/m1/s1. The first-order valence-electron chi connectivity index (χ1n) is 27.2. The van der Waals surface area contributed by atoms with E-state index in [9.17, 15) is 4.79 Å². The molecule has 0 unspecified atom stereocenters. The zero-order chi connectivity index (χ0) is 59.4. The molecule has 0 radical (unpaired) electrons. The number of likely N-dealkylation sites (tertiary alicyclic amines) is 2. The maximum absolute atomic E-state index is 16.9. The molecule has 1 aliphatic carbocycles. The number of rotatable bonds is 17. The number of piperidine rings is 1. The first-order valence-corrected chi connectivity index (χ1v) is 27.2. The van der Waals surface area contributed by atoms with Crippen LogP contribution in [0.1, 0.15) is 61.9 Å². The molecule has 10 rings (SSSR count). The van der Waals surface area contributed by atoms with Gasteiger partial charge in [-0.2, -0.15) is 26.3 Å². The van der Waals surface area contributed by atoms with E-state index in [-0.39, 0.29) is 94.6 Å². The van der Waals surface area contributed by atoms with Gasteiger partial charge in [-0.25, -0.2) is 29.9 Å². The third kappa shape index (κ3) is 11.9. The van der Waals surface area contributed by atoms with Gasteiger partial charge in [-0.05, 0) is 138 Å². The fraction of sp³-hybridized carbons (Fsp3) is 0.311. The summed E-state index contributed by atoms with van der Waals surface area (Å²) in [5.74, 6) is -5.53. The first kappa shape index (κ1) is 58.1. The quantitative estimate of drug-likeness (QED) is 0.0577. The average Bonchev–Trinajstić information content (AvgIpc) is 1.25. The molecule has 3 aliphatic rings. The average molecular weight is 1160 g/mol. The molecule has 0 saturated carbocycles. The number of aromatic nitrogens is 6. The van der Waals surface area contributed by atoms with Gasteiger partial charge in [0.25, 0.3) is 11.8 Å². The van der Waals surface area contributed by atoms with Gasteiger partial charge in [0.2, 0.25) is 23.7 Å². The minimum absolute atomic E-state index is 0.0307. The minimum Gasteiger partial charge on any atom is -0.492 e. The highest BCUT2D eigenvalue weighted by Gasteiger charge is 2.66. The number of ether oxygens (including phenoxy) is 3. The fourth-order valence-electron chi connectivity index (χ4n) is 10.8. The molecule has 0 spiro atoms. The molecule has 2 saturated heterocycles. The summed E-state index contributed by atoms with van der Waals surface area (Å²) in [4.78, 5) is 63.2. The van der Waals surface area contributed by atoms with Crippen LogP contribution in [0.5, 0.6) is 17.5 Å². The molecular weight excluding hydrogens is 1090 g/mol. The van der Waals surface area contributed by atoms with Crippen molar-refractivity contribution in [3.63, 3.8) is 0 Å². The van der Waals surface area contributed by atoms with Gasteiger partial charge in [0.05, 0.1) is 56.0 Å². The predicted octanol–water partition coefficient (Wildman–Crippen LogP) is 12.0. The maximum Gasteiger partial charge on any atom is 0.416 e. The van der Waals surface area contributed by atoms with Crippen LogP contribution in [0.25, 0.3) is 22.5 Å². The number of halogens is 6. The Kier molecular flexibility index (Phi) is 16.6. The van der Waals surface area contributed by atoms with Gasteiger partial charge in [-0.15, -0.1) is 0 Å². The van der Waals surface area contributed by atoms with Crippen LogP contribution in [0.15, 0.2) is 157 Å². The van der Waals surface area contributed by atoms with E-state index in [0.717, 1.165) is 23.9 Å². The Morgan fingerprint density at radius 3 is 1.87 bits per heavy atom. The molecule has 0 bridgehead atoms. The number of hydrogen-bond donors (Lipinski definition) is 3. The number of nitrogens with zero attached hydrogens (tertiary/aromatic N) is 9. The number of anilines is 5. The summed E-state index contributed by atoms with van der Waals surface area (Å²) in [6, 6.07) is 25.9. The molecule has 4 aromatic heterocycles. The molecular formula is C61H60F6N12O5. The van der Waals surface area contributed by atoms with Gasteiger partial charge >= 0.3 is 18.1 Å². The Bertz CT molecular complexity index is 3520. The number of amides is 2. The van der Waals surface area contributed by atoms with E-state index < -0.39 is 57.8 Å².